The Morgan fingerprint density at radius 3 is 2.42 bits per heavy atom. The molecule has 0 aliphatic carbocycles. The smallest absolute Gasteiger partial charge is 0.218 e. The molecule has 19 heavy (non-hydrogen) atoms. The zero-order chi connectivity index (χ0) is 13.7. The number of hydrogen-bond donors (Lipinski definition) is 1. The van der Waals surface area contributed by atoms with Gasteiger partial charge >= 0.3 is 0 Å². The van der Waals surface area contributed by atoms with Crippen LogP contribution in [0.3, 0.4) is 0 Å². The van der Waals surface area contributed by atoms with Crippen LogP contribution in [0.15, 0.2) is 36.4 Å². The van der Waals surface area contributed by atoms with Crippen molar-refractivity contribution >= 4 is 10.0 Å². The van der Waals surface area contributed by atoms with Crippen molar-refractivity contribution < 1.29 is 8.42 Å². The molecule has 0 atom stereocenters. The first kappa shape index (κ1) is 14.2. The van der Waals surface area contributed by atoms with Crippen LogP contribution < -0.4 is 5.32 Å². The van der Waals surface area contributed by atoms with Crippen LogP contribution in [0.5, 0.6) is 0 Å². The van der Waals surface area contributed by atoms with Gasteiger partial charge in [-0.1, -0.05) is 36.4 Å². The van der Waals surface area contributed by atoms with Crippen LogP contribution >= 0.6 is 0 Å². The fraction of sp³-hybridized carbons (Fsp3) is 0.429. The molecule has 104 valence electrons. The average molecular weight is 280 g/mol. The van der Waals surface area contributed by atoms with Gasteiger partial charge < -0.3 is 5.32 Å². The van der Waals surface area contributed by atoms with E-state index in [4.69, 9.17) is 0 Å². The van der Waals surface area contributed by atoms with Crippen LogP contribution in [0.25, 0.3) is 0 Å². The van der Waals surface area contributed by atoms with Crippen molar-refractivity contribution in [2.24, 2.45) is 0 Å². The second kappa shape index (κ2) is 6.32. The first-order valence-electron chi connectivity index (χ1n) is 6.47. The van der Waals surface area contributed by atoms with E-state index < -0.39 is 10.0 Å². The van der Waals surface area contributed by atoms with E-state index >= 15 is 0 Å². The molecular formula is C14H20N2O2S. The van der Waals surface area contributed by atoms with Crippen LogP contribution in [0.2, 0.25) is 0 Å². The lowest BCUT2D eigenvalue weighted by atomic mass is 10.1. The second-order valence-electron chi connectivity index (χ2n) is 4.72. The molecule has 1 heterocycles. The Hall–Kier alpha value is -1.17. The van der Waals surface area contributed by atoms with E-state index in [2.05, 4.69) is 5.32 Å². The zero-order valence-corrected chi connectivity index (χ0v) is 12.0. The van der Waals surface area contributed by atoms with Gasteiger partial charge in [0.05, 0.1) is 5.75 Å². The maximum absolute atomic E-state index is 12.2. The highest BCUT2D eigenvalue weighted by Crippen LogP contribution is 2.14. The standard InChI is InChI=1S/C14H20N2O2S/c1-15-11-13-5-7-14(8-6-13)12-19(17,18)16-9-3-2-4-10-16/h2-3,5-8,15H,4,9-12H2,1H3. The van der Waals surface area contributed by atoms with Crippen LogP contribution in [-0.2, 0) is 22.3 Å². The molecule has 0 aromatic heterocycles. The van der Waals surface area contributed by atoms with Gasteiger partial charge in [-0.2, -0.15) is 4.31 Å². The van der Waals surface area contributed by atoms with E-state index in [0.29, 0.717) is 13.1 Å². The summed E-state index contributed by atoms with van der Waals surface area (Å²) in [5, 5.41) is 3.07. The summed E-state index contributed by atoms with van der Waals surface area (Å²) in [6.45, 7) is 1.89. The predicted molar refractivity (Wildman–Crippen MR) is 77.2 cm³/mol. The molecule has 4 nitrogen and oxygen atoms in total. The number of hydrogen-bond acceptors (Lipinski definition) is 3. The van der Waals surface area contributed by atoms with Gasteiger partial charge in [-0.15, -0.1) is 0 Å². The maximum atomic E-state index is 12.2. The number of rotatable bonds is 5. The van der Waals surface area contributed by atoms with Crippen molar-refractivity contribution in [3.05, 3.63) is 47.5 Å². The molecule has 1 aromatic carbocycles. The van der Waals surface area contributed by atoms with Crippen LogP contribution in [0.1, 0.15) is 17.5 Å². The first-order valence-corrected chi connectivity index (χ1v) is 8.08. The molecule has 1 aliphatic heterocycles. The molecule has 0 amide bonds. The van der Waals surface area contributed by atoms with E-state index in [1.54, 1.807) is 4.31 Å². The minimum absolute atomic E-state index is 0.0840. The fourth-order valence-corrected chi connectivity index (χ4v) is 3.62. The highest BCUT2D eigenvalue weighted by molar-refractivity contribution is 7.88. The Morgan fingerprint density at radius 2 is 1.84 bits per heavy atom. The van der Waals surface area contributed by atoms with Crippen molar-refractivity contribution in [2.45, 2.75) is 18.7 Å². The Kier molecular flexibility index (Phi) is 4.74. The maximum Gasteiger partial charge on any atom is 0.218 e. The summed E-state index contributed by atoms with van der Waals surface area (Å²) < 4.78 is 26.0. The van der Waals surface area contributed by atoms with E-state index in [-0.39, 0.29) is 5.75 Å². The van der Waals surface area contributed by atoms with Gasteiger partial charge in [0.2, 0.25) is 10.0 Å². The molecule has 0 spiro atoms. The third kappa shape index (κ3) is 3.89. The minimum atomic E-state index is -3.20. The molecule has 0 bridgehead atoms. The van der Waals surface area contributed by atoms with E-state index in [1.807, 2.05) is 43.5 Å². The summed E-state index contributed by atoms with van der Waals surface area (Å²) in [4.78, 5) is 0. The summed E-state index contributed by atoms with van der Waals surface area (Å²) in [6.07, 6.45) is 4.75. The lowest BCUT2D eigenvalue weighted by Gasteiger charge is -2.22. The number of nitrogens with one attached hydrogen (secondary N) is 1. The molecule has 0 fully saturated rings. The SMILES string of the molecule is CNCc1ccc(CS(=O)(=O)N2CC=CCC2)cc1. The Labute approximate surface area is 115 Å². The Bertz CT molecular complexity index is 535. The van der Waals surface area contributed by atoms with Gasteiger partial charge in [-0.05, 0) is 24.6 Å². The van der Waals surface area contributed by atoms with Gasteiger partial charge in [-0.25, -0.2) is 8.42 Å². The van der Waals surface area contributed by atoms with Crippen molar-refractivity contribution in [3.8, 4) is 0 Å². The normalized spacial score (nSPS) is 16.7. The van der Waals surface area contributed by atoms with Gasteiger partial charge in [0, 0.05) is 19.6 Å². The summed E-state index contributed by atoms with van der Waals surface area (Å²) >= 11 is 0. The van der Waals surface area contributed by atoms with E-state index in [0.717, 1.165) is 24.1 Å². The number of sulfonamides is 1. The van der Waals surface area contributed by atoms with Crippen LogP contribution in [0.4, 0.5) is 0 Å². The molecule has 0 unspecified atom stereocenters. The molecule has 0 saturated heterocycles. The Balaban J connectivity index is 2.05. The molecule has 1 aromatic rings. The number of nitrogens with zero attached hydrogens (tertiary/aromatic N) is 1. The van der Waals surface area contributed by atoms with Crippen molar-refractivity contribution in [1.29, 1.82) is 0 Å². The van der Waals surface area contributed by atoms with Crippen LogP contribution in [-0.4, -0.2) is 32.9 Å². The second-order valence-corrected chi connectivity index (χ2v) is 6.69. The third-order valence-corrected chi connectivity index (χ3v) is 4.98. The largest absolute Gasteiger partial charge is 0.316 e. The molecule has 1 aliphatic rings. The predicted octanol–water partition coefficient (Wildman–Crippen LogP) is 1.50. The van der Waals surface area contributed by atoms with Gasteiger partial charge in [0.25, 0.3) is 0 Å². The summed E-state index contributed by atoms with van der Waals surface area (Å²) in [7, 11) is -1.30. The number of benzene rings is 1. The first-order chi connectivity index (χ1) is 9.12. The lowest BCUT2D eigenvalue weighted by molar-refractivity contribution is 0.437. The van der Waals surface area contributed by atoms with Gasteiger partial charge in [-0.3, -0.25) is 0 Å². The van der Waals surface area contributed by atoms with Crippen molar-refractivity contribution in [2.75, 3.05) is 20.1 Å². The Morgan fingerprint density at radius 1 is 1.16 bits per heavy atom. The topological polar surface area (TPSA) is 49.4 Å². The average Bonchev–Trinajstić information content (AvgIpc) is 2.42. The highest BCUT2D eigenvalue weighted by atomic mass is 32.2. The summed E-state index contributed by atoms with van der Waals surface area (Å²) in [5.74, 6) is 0.0840. The summed E-state index contributed by atoms with van der Waals surface area (Å²) in [6, 6.07) is 7.73. The molecule has 2 rings (SSSR count). The lowest BCUT2D eigenvalue weighted by Crippen LogP contribution is -2.34. The van der Waals surface area contributed by atoms with Gasteiger partial charge in [0.1, 0.15) is 0 Å². The highest BCUT2D eigenvalue weighted by Gasteiger charge is 2.22. The molecule has 5 heteroatoms. The van der Waals surface area contributed by atoms with Crippen LogP contribution in [0, 0.1) is 0 Å². The zero-order valence-electron chi connectivity index (χ0n) is 11.2. The molecule has 0 radical (unpaired) electrons. The quantitative estimate of drug-likeness (QED) is 0.832. The van der Waals surface area contributed by atoms with Crippen molar-refractivity contribution in [1.82, 2.24) is 9.62 Å². The van der Waals surface area contributed by atoms with Gasteiger partial charge in [0.15, 0.2) is 0 Å². The minimum Gasteiger partial charge on any atom is -0.316 e. The fourth-order valence-electron chi connectivity index (χ4n) is 2.13. The molecule has 0 saturated carbocycles. The monoisotopic (exact) mass is 280 g/mol. The van der Waals surface area contributed by atoms with E-state index in [9.17, 15) is 8.42 Å². The van der Waals surface area contributed by atoms with E-state index in [1.165, 1.54) is 0 Å². The third-order valence-electron chi connectivity index (χ3n) is 3.17. The van der Waals surface area contributed by atoms with Crippen molar-refractivity contribution in [3.63, 3.8) is 0 Å². The molecule has 1 N–H and O–H groups in total. The molecular weight excluding hydrogens is 260 g/mol. The summed E-state index contributed by atoms with van der Waals surface area (Å²) in [5.41, 5.74) is 2.00.